The normalized spacial score (nSPS) is 11.5. The van der Waals surface area contributed by atoms with Crippen molar-refractivity contribution in [2.24, 2.45) is 0 Å². The Labute approximate surface area is 139 Å². The second-order valence-corrected chi connectivity index (χ2v) is 5.15. The van der Waals surface area contributed by atoms with Gasteiger partial charge >= 0.3 is 12.1 Å². The molecule has 0 aliphatic rings. The number of hydrogen-bond acceptors (Lipinski definition) is 5. The molecule has 0 saturated carbocycles. The number of nitrogens with one attached hydrogen (secondary N) is 1. The van der Waals surface area contributed by atoms with E-state index in [-0.39, 0.29) is 35.3 Å². The fraction of sp³-hybridized carbons (Fsp3) is 0.357. The summed E-state index contributed by atoms with van der Waals surface area (Å²) < 4.78 is 46.3. The molecule has 0 bridgehead atoms. The highest BCUT2D eigenvalue weighted by molar-refractivity contribution is 6.31. The van der Waals surface area contributed by atoms with Gasteiger partial charge in [0.2, 0.25) is 11.7 Å². The van der Waals surface area contributed by atoms with E-state index >= 15 is 0 Å². The SMILES string of the molecule is COCCC(=O)NCc1ccc(-c2noc(C(F)(F)F)n2)cc1Cl. The molecule has 1 amide bonds. The number of halogens is 4. The average molecular weight is 364 g/mol. The lowest BCUT2D eigenvalue weighted by molar-refractivity contribution is -0.159. The number of nitrogens with zero attached hydrogens (tertiary/aromatic N) is 2. The van der Waals surface area contributed by atoms with Crippen molar-refractivity contribution >= 4 is 17.5 Å². The fourth-order valence-electron chi connectivity index (χ4n) is 1.76. The molecule has 24 heavy (non-hydrogen) atoms. The number of benzene rings is 1. The largest absolute Gasteiger partial charge is 0.471 e. The second-order valence-electron chi connectivity index (χ2n) is 4.75. The number of aromatic nitrogens is 2. The number of carbonyl (C=O) groups is 1. The van der Waals surface area contributed by atoms with E-state index in [4.69, 9.17) is 16.3 Å². The van der Waals surface area contributed by atoms with E-state index in [2.05, 4.69) is 20.0 Å². The molecule has 0 atom stereocenters. The van der Waals surface area contributed by atoms with Gasteiger partial charge in [-0.15, -0.1) is 0 Å². The number of methoxy groups -OCH3 is 1. The van der Waals surface area contributed by atoms with Crippen molar-refractivity contribution < 1.29 is 27.2 Å². The zero-order valence-electron chi connectivity index (χ0n) is 12.5. The van der Waals surface area contributed by atoms with Crippen molar-refractivity contribution in [3.05, 3.63) is 34.7 Å². The van der Waals surface area contributed by atoms with Crippen LogP contribution >= 0.6 is 11.6 Å². The lowest BCUT2D eigenvalue weighted by Crippen LogP contribution is -2.23. The van der Waals surface area contributed by atoms with Gasteiger partial charge in [0.15, 0.2) is 0 Å². The van der Waals surface area contributed by atoms with Crippen LogP contribution in [0.15, 0.2) is 22.7 Å². The Balaban J connectivity index is 2.07. The minimum Gasteiger partial charge on any atom is -0.384 e. The third-order valence-electron chi connectivity index (χ3n) is 2.99. The Morgan fingerprint density at radius 2 is 2.17 bits per heavy atom. The van der Waals surface area contributed by atoms with Crippen LogP contribution in [0.25, 0.3) is 11.4 Å². The third kappa shape index (κ3) is 4.68. The molecule has 130 valence electrons. The number of hydrogen-bond donors (Lipinski definition) is 1. The van der Waals surface area contributed by atoms with Crippen molar-refractivity contribution in [2.75, 3.05) is 13.7 Å². The van der Waals surface area contributed by atoms with Gasteiger partial charge in [-0.1, -0.05) is 28.9 Å². The first kappa shape index (κ1) is 18.2. The van der Waals surface area contributed by atoms with Gasteiger partial charge in [-0.25, -0.2) is 0 Å². The number of alkyl halides is 3. The summed E-state index contributed by atoms with van der Waals surface area (Å²) in [5.41, 5.74) is 0.874. The van der Waals surface area contributed by atoms with E-state index in [1.54, 1.807) is 6.07 Å². The molecule has 10 heteroatoms. The number of amides is 1. The minimum absolute atomic E-state index is 0.182. The lowest BCUT2D eigenvalue weighted by atomic mass is 10.1. The maximum absolute atomic E-state index is 12.5. The Bertz CT molecular complexity index is 719. The highest BCUT2D eigenvalue weighted by atomic mass is 35.5. The van der Waals surface area contributed by atoms with Gasteiger partial charge in [0, 0.05) is 30.7 Å². The van der Waals surface area contributed by atoms with E-state index < -0.39 is 12.1 Å². The van der Waals surface area contributed by atoms with Crippen molar-refractivity contribution in [2.45, 2.75) is 19.1 Å². The maximum atomic E-state index is 12.5. The van der Waals surface area contributed by atoms with Gasteiger partial charge in [-0.05, 0) is 11.6 Å². The smallest absolute Gasteiger partial charge is 0.384 e. The minimum atomic E-state index is -4.71. The lowest BCUT2D eigenvalue weighted by Gasteiger charge is -2.07. The maximum Gasteiger partial charge on any atom is 0.471 e. The molecule has 0 unspecified atom stereocenters. The first-order chi connectivity index (χ1) is 11.3. The molecule has 1 N–H and O–H groups in total. The topological polar surface area (TPSA) is 77.2 Å². The van der Waals surface area contributed by atoms with Crippen LogP contribution in [0, 0.1) is 0 Å². The van der Waals surface area contributed by atoms with Crippen LogP contribution in [0.2, 0.25) is 5.02 Å². The predicted octanol–water partition coefficient (Wildman–Crippen LogP) is 3.06. The zero-order valence-corrected chi connectivity index (χ0v) is 13.2. The molecule has 0 fully saturated rings. The monoisotopic (exact) mass is 363 g/mol. The number of carbonyl (C=O) groups excluding carboxylic acids is 1. The first-order valence-corrected chi connectivity index (χ1v) is 7.14. The Kier molecular flexibility index (Phi) is 5.79. The summed E-state index contributed by atoms with van der Waals surface area (Å²) in [4.78, 5) is 14.8. The summed E-state index contributed by atoms with van der Waals surface area (Å²) in [7, 11) is 1.49. The molecular formula is C14H13ClF3N3O3. The van der Waals surface area contributed by atoms with E-state index in [0.29, 0.717) is 12.2 Å². The van der Waals surface area contributed by atoms with E-state index in [0.717, 1.165) is 0 Å². The van der Waals surface area contributed by atoms with Crippen LogP contribution in [0.3, 0.4) is 0 Å². The second kappa shape index (κ2) is 7.63. The summed E-state index contributed by atoms with van der Waals surface area (Å²) in [6.07, 6.45) is -4.49. The summed E-state index contributed by atoms with van der Waals surface area (Å²) in [6.45, 7) is 0.486. The van der Waals surface area contributed by atoms with Gasteiger partial charge in [0.05, 0.1) is 6.61 Å². The molecule has 6 nitrogen and oxygen atoms in total. The molecule has 0 aliphatic heterocycles. The number of rotatable bonds is 6. The molecule has 2 rings (SSSR count). The fourth-order valence-corrected chi connectivity index (χ4v) is 2.01. The van der Waals surface area contributed by atoms with Crippen molar-refractivity contribution in [3.63, 3.8) is 0 Å². The average Bonchev–Trinajstić information content (AvgIpc) is 3.01. The Hall–Kier alpha value is -2.13. The third-order valence-corrected chi connectivity index (χ3v) is 3.34. The van der Waals surface area contributed by atoms with Gasteiger partial charge in [-0.2, -0.15) is 18.2 Å². The molecule has 0 aliphatic carbocycles. The summed E-state index contributed by atoms with van der Waals surface area (Å²) in [5.74, 6) is -1.85. The van der Waals surface area contributed by atoms with Crippen molar-refractivity contribution in [3.8, 4) is 11.4 Å². The molecule has 1 aromatic carbocycles. The van der Waals surface area contributed by atoms with Crippen LogP contribution in [-0.2, 0) is 22.3 Å². The highest BCUT2D eigenvalue weighted by Crippen LogP contribution is 2.30. The number of ether oxygens (including phenoxy) is 1. The summed E-state index contributed by atoms with van der Waals surface area (Å²) in [5, 5.41) is 6.20. The first-order valence-electron chi connectivity index (χ1n) is 6.76. The zero-order chi connectivity index (χ0) is 17.7. The van der Waals surface area contributed by atoms with Crippen LogP contribution in [0.4, 0.5) is 13.2 Å². The van der Waals surface area contributed by atoms with Gasteiger partial charge in [0.1, 0.15) is 0 Å². The Morgan fingerprint density at radius 3 is 2.75 bits per heavy atom. The molecular weight excluding hydrogens is 351 g/mol. The van der Waals surface area contributed by atoms with Crippen molar-refractivity contribution in [1.82, 2.24) is 15.5 Å². The molecule has 0 radical (unpaired) electrons. The molecule has 1 aromatic heterocycles. The van der Waals surface area contributed by atoms with Crippen LogP contribution in [0.1, 0.15) is 17.9 Å². The standard InChI is InChI=1S/C14H13ClF3N3O3/c1-23-5-4-11(22)19-7-9-3-2-8(6-10(9)15)12-20-13(24-21-12)14(16,17)18/h2-3,6H,4-5,7H2,1H3,(H,19,22). The van der Waals surface area contributed by atoms with Gasteiger partial charge < -0.3 is 14.6 Å². The van der Waals surface area contributed by atoms with Crippen LogP contribution in [-0.4, -0.2) is 29.8 Å². The predicted molar refractivity (Wildman–Crippen MR) is 78.1 cm³/mol. The molecule has 0 spiro atoms. The summed E-state index contributed by atoms with van der Waals surface area (Å²) >= 11 is 6.08. The Morgan fingerprint density at radius 1 is 1.42 bits per heavy atom. The molecule has 1 heterocycles. The quantitative estimate of drug-likeness (QED) is 0.853. The van der Waals surface area contributed by atoms with Crippen LogP contribution < -0.4 is 5.32 Å². The molecule has 2 aromatic rings. The van der Waals surface area contributed by atoms with Crippen molar-refractivity contribution in [1.29, 1.82) is 0 Å². The van der Waals surface area contributed by atoms with Gasteiger partial charge in [-0.3, -0.25) is 4.79 Å². The van der Waals surface area contributed by atoms with E-state index in [1.165, 1.54) is 19.2 Å². The highest BCUT2D eigenvalue weighted by Gasteiger charge is 2.38. The molecule has 0 saturated heterocycles. The summed E-state index contributed by atoms with van der Waals surface area (Å²) in [6, 6.07) is 4.47. The van der Waals surface area contributed by atoms with E-state index in [9.17, 15) is 18.0 Å². The van der Waals surface area contributed by atoms with E-state index in [1.807, 2.05) is 0 Å². The van der Waals surface area contributed by atoms with Crippen LogP contribution in [0.5, 0.6) is 0 Å². The van der Waals surface area contributed by atoms with Gasteiger partial charge in [0.25, 0.3) is 0 Å².